The Labute approximate surface area is 148 Å². The summed E-state index contributed by atoms with van der Waals surface area (Å²) in [6, 6.07) is 19.8. The Balaban J connectivity index is 1.84. The van der Waals surface area contributed by atoms with Crippen LogP contribution in [-0.4, -0.2) is 14.5 Å². The van der Waals surface area contributed by atoms with E-state index in [1.807, 2.05) is 53.1 Å². The summed E-state index contributed by atoms with van der Waals surface area (Å²) >= 11 is 5.98. The highest BCUT2D eigenvalue weighted by Crippen LogP contribution is 2.33. The average molecular weight is 349 g/mol. The molecule has 0 saturated heterocycles. The Kier molecular flexibility index (Phi) is 3.91. The second kappa shape index (κ2) is 6.37. The topological polar surface area (TPSA) is 62.2 Å². The zero-order chi connectivity index (χ0) is 17.2. The van der Waals surface area contributed by atoms with E-state index in [-0.39, 0.29) is 5.75 Å². The normalized spacial score (nSPS) is 11.4. The smallest absolute Gasteiger partial charge is 0.187 e. The van der Waals surface area contributed by atoms with Crippen LogP contribution in [0, 0.1) is 0 Å². The summed E-state index contributed by atoms with van der Waals surface area (Å²) in [5, 5.41) is 18.7. The van der Waals surface area contributed by atoms with E-state index in [2.05, 4.69) is 15.2 Å². The van der Waals surface area contributed by atoms with Crippen LogP contribution >= 0.6 is 11.6 Å². The number of rotatable bonds is 3. The third-order valence-electron chi connectivity index (χ3n) is 3.73. The number of halogens is 1. The maximum absolute atomic E-state index is 9.37. The van der Waals surface area contributed by atoms with Crippen LogP contribution in [0.5, 0.6) is 5.75 Å². The second-order valence-corrected chi connectivity index (χ2v) is 5.87. The molecule has 0 unspecified atom stereocenters. The summed E-state index contributed by atoms with van der Waals surface area (Å²) in [4.78, 5) is 4.67. The van der Waals surface area contributed by atoms with E-state index in [9.17, 15) is 5.11 Å². The Hall–Kier alpha value is -3.18. The number of aromatic hydroxyl groups is 1. The molecule has 2 aromatic carbocycles. The lowest BCUT2D eigenvalue weighted by molar-refractivity contribution is 0.475. The fourth-order valence-electron chi connectivity index (χ4n) is 2.50. The largest absolute Gasteiger partial charge is 0.508 e. The van der Waals surface area contributed by atoms with Crippen LogP contribution in [0.2, 0.25) is 5.02 Å². The van der Waals surface area contributed by atoms with E-state index in [1.165, 1.54) is 0 Å². The van der Waals surface area contributed by atoms with Crippen molar-refractivity contribution in [2.24, 2.45) is 10.2 Å². The number of benzene rings is 2. The highest BCUT2D eigenvalue weighted by molar-refractivity contribution is 6.30. The van der Waals surface area contributed by atoms with E-state index < -0.39 is 0 Å². The molecule has 2 aromatic heterocycles. The zero-order valence-corrected chi connectivity index (χ0v) is 13.8. The van der Waals surface area contributed by atoms with Gasteiger partial charge in [0.2, 0.25) is 0 Å². The van der Waals surface area contributed by atoms with E-state index in [0.29, 0.717) is 16.5 Å². The maximum Gasteiger partial charge on any atom is 0.187 e. The molecule has 0 aliphatic carbocycles. The molecule has 0 bridgehead atoms. The number of hydrogen-bond donors (Lipinski definition) is 1. The van der Waals surface area contributed by atoms with Crippen LogP contribution in [0.3, 0.4) is 0 Å². The molecule has 0 radical (unpaired) electrons. The van der Waals surface area contributed by atoms with Gasteiger partial charge in [-0.2, -0.15) is 0 Å². The number of fused-ring (bicyclic) bond motifs is 1. The number of phenols is 1. The first kappa shape index (κ1) is 15.4. The lowest BCUT2D eigenvalue weighted by Gasteiger charge is -2.00. The molecule has 1 N–H and O–H groups in total. The molecule has 5 nitrogen and oxygen atoms in total. The van der Waals surface area contributed by atoms with Crippen molar-refractivity contribution in [3.63, 3.8) is 0 Å². The van der Waals surface area contributed by atoms with Crippen molar-refractivity contribution in [2.45, 2.75) is 0 Å². The molecule has 0 saturated carbocycles. The monoisotopic (exact) mass is 348 g/mol. The molecule has 0 aliphatic heterocycles. The van der Waals surface area contributed by atoms with Crippen molar-refractivity contribution in [3.05, 3.63) is 77.9 Å². The molecule has 0 spiro atoms. The quantitative estimate of drug-likeness (QED) is 0.477. The highest BCUT2D eigenvalue weighted by atomic mass is 35.5. The van der Waals surface area contributed by atoms with Crippen molar-refractivity contribution in [1.82, 2.24) is 9.38 Å². The van der Waals surface area contributed by atoms with Crippen molar-refractivity contribution in [1.29, 1.82) is 0 Å². The molecule has 0 fully saturated rings. The fourth-order valence-corrected chi connectivity index (χ4v) is 2.63. The molecule has 6 heteroatoms. The van der Waals surface area contributed by atoms with Crippen LogP contribution in [-0.2, 0) is 0 Å². The number of phenolic OH excluding ortho intramolecular Hbond substituents is 1. The maximum atomic E-state index is 9.37. The summed E-state index contributed by atoms with van der Waals surface area (Å²) in [6.45, 7) is 0. The van der Waals surface area contributed by atoms with E-state index in [0.717, 1.165) is 16.9 Å². The standard InChI is InChI=1S/C19H13ClN4O/c20-14-6-4-13(5-7-14)18-19(24-12-2-1-3-17(24)21-18)23-22-15-8-10-16(25)11-9-15/h1-12,25H. The van der Waals surface area contributed by atoms with Crippen LogP contribution < -0.4 is 0 Å². The zero-order valence-electron chi connectivity index (χ0n) is 13.0. The summed E-state index contributed by atoms with van der Waals surface area (Å²) in [5.74, 6) is 0.821. The Morgan fingerprint density at radius 2 is 1.64 bits per heavy atom. The third kappa shape index (κ3) is 3.09. The van der Waals surface area contributed by atoms with E-state index >= 15 is 0 Å². The van der Waals surface area contributed by atoms with Gasteiger partial charge in [-0.1, -0.05) is 29.8 Å². The minimum Gasteiger partial charge on any atom is -0.508 e. The number of pyridine rings is 1. The first-order chi connectivity index (χ1) is 12.2. The van der Waals surface area contributed by atoms with Gasteiger partial charge in [-0.15, -0.1) is 10.2 Å². The Morgan fingerprint density at radius 3 is 2.40 bits per heavy atom. The number of imidazole rings is 1. The number of aromatic nitrogens is 2. The van der Waals surface area contributed by atoms with Gasteiger partial charge < -0.3 is 5.11 Å². The van der Waals surface area contributed by atoms with Crippen molar-refractivity contribution < 1.29 is 5.11 Å². The Bertz CT molecular complexity index is 1050. The van der Waals surface area contributed by atoms with Crippen LogP contribution in [0.25, 0.3) is 16.9 Å². The third-order valence-corrected chi connectivity index (χ3v) is 3.98. The predicted molar refractivity (Wildman–Crippen MR) is 97.9 cm³/mol. The molecule has 0 aliphatic rings. The van der Waals surface area contributed by atoms with Gasteiger partial charge in [-0.25, -0.2) is 4.98 Å². The fraction of sp³-hybridized carbons (Fsp3) is 0. The van der Waals surface area contributed by atoms with Gasteiger partial charge in [0.1, 0.15) is 17.1 Å². The van der Waals surface area contributed by atoms with Crippen LogP contribution in [0.1, 0.15) is 0 Å². The van der Waals surface area contributed by atoms with Gasteiger partial charge in [0, 0.05) is 16.8 Å². The predicted octanol–water partition coefficient (Wildman–Crippen LogP) is 5.78. The molecule has 4 aromatic rings. The van der Waals surface area contributed by atoms with Gasteiger partial charge in [-0.3, -0.25) is 4.40 Å². The van der Waals surface area contributed by atoms with Crippen molar-refractivity contribution >= 4 is 28.8 Å². The minimum absolute atomic E-state index is 0.190. The average Bonchev–Trinajstić information content (AvgIpc) is 3.00. The molecule has 2 heterocycles. The molecule has 4 rings (SSSR count). The summed E-state index contributed by atoms with van der Waals surface area (Å²) in [7, 11) is 0. The van der Waals surface area contributed by atoms with Crippen molar-refractivity contribution in [2.75, 3.05) is 0 Å². The van der Waals surface area contributed by atoms with Gasteiger partial charge in [0.15, 0.2) is 5.82 Å². The summed E-state index contributed by atoms with van der Waals surface area (Å²) in [5.41, 5.74) is 3.07. The SMILES string of the molecule is Oc1ccc(N=Nc2c(-c3ccc(Cl)cc3)nc3ccccn23)cc1. The van der Waals surface area contributed by atoms with Gasteiger partial charge in [0.05, 0.1) is 5.69 Å². The summed E-state index contributed by atoms with van der Waals surface area (Å²) in [6.07, 6.45) is 1.90. The van der Waals surface area contributed by atoms with Gasteiger partial charge in [-0.05, 0) is 48.5 Å². The lowest BCUT2D eigenvalue weighted by Crippen LogP contribution is -1.81. The molecular weight excluding hydrogens is 336 g/mol. The van der Waals surface area contributed by atoms with Crippen LogP contribution in [0.4, 0.5) is 11.5 Å². The number of nitrogens with zero attached hydrogens (tertiary/aromatic N) is 4. The first-order valence-electron chi connectivity index (χ1n) is 7.64. The van der Waals surface area contributed by atoms with Crippen LogP contribution in [0.15, 0.2) is 83.2 Å². The Morgan fingerprint density at radius 1 is 0.880 bits per heavy atom. The summed E-state index contributed by atoms with van der Waals surface area (Å²) < 4.78 is 1.88. The molecule has 122 valence electrons. The number of azo groups is 1. The molecule has 0 atom stereocenters. The number of hydrogen-bond acceptors (Lipinski definition) is 4. The van der Waals surface area contributed by atoms with Gasteiger partial charge >= 0.3 is 0 Å². The van der Waals surface area contributed by atoms with E-state index in [4.69, 9.17) is 11.6 Å². The lowest BCUT2D eigenvalue weighted by atomic mass is 10.1. The van der Waals surface area contributed by atoms with Gasteiger partial charge in [0.25, 0.3) is 0 Å². The van der Waals surface area contributed by atoms with Crippen molar-refractivity contribution in [3.8, 4) is 17.0 Å². The molecular formula is C19H13ClN4O. The molecule has 25 heavy (non-hydrogen) atoms. The highest BCUT2D eigenvalue weighted by Gasteiger charge is 2.13. The molecule has 0 amide bonds. The first-order valence-corrected chi connectivity index (χ1v) is 8.02. The minimum atomic E-state index is 0.190. The van der Waals surface area contributed by atoms with E-state index in [1.54, 1.807) is 24.3 Å². The second-order valence-electron chi connectivity index (χ2n) is 5.44.